The first-order chi connectivity index (χ1) is 12.9. The predicted octanol–water partition coefficient (Wildman–Crippen LogP) is 2.76. The molecule has 0 aliphatic rings. The maximum absolute atomic E-state index is 9.47. The van der Waals surface area contributed by atoms with Gasteiger partial charge in [0, 0.05) is 22.5 Å². The summed E-state index contributed by atoms with van der Waals surface area (Å²) in [5.41, 5.74) is 5.21. The lowest BCUT2D eigenvalue weighted by atomic mass is 10.1. The Hall–Kier alpha value is -2.77. The van der Waals surface area contributed by atoms with Crippen molar-refractivity contribution in [1.82, 2.24) is 15.1 Å². The summed E-state index contributed by atoms with van der Waals surface area (Å²) in [5, 5.41) is 22.5. The minimum atomic E-state index is -0.907. The van der Waals surface area contributed by atoms with Crippen molar-refractivity contribution in [2.45, 2.75) is 33.8 Å². The van der Waals surface area contributed by atoms with Crippen molar-refractivity contribution in [1.29, 1.82) is 0 Å². The summed E-state index contributed by atoms with van der Waals surface area (Å²) < 4.78 is 11.1. The van der Waals surface area contributed by atoms with Crippen LogP contribution in [0.1, 0.15) is 22.5 Å². The van der Waals surface area contributed by atoms with Gasteiger partial charge < -0.3 is 19.5 Å². The lowest BCUT2D eigenvalue weighted by molar-refractivity contribution is 0.0532. The first-order valence-corrected chi connectivity index (χ1v) is 8.70. The van der Waals surface area contributed by atoms with Gasteiger partial charge in [0.1, 0.15) is 18.5 Å². The number of aryl methyl sites for hydroxylation is 4. The molecule has 1 unspecified atom stereocenters. The van der Waals surface area contributed by atoms with Crippen molar-refractivity contribution in [2.75, 3.05) is 13.2 Å². The highest BCUT2D eigenvalue weighted by Gasteiger charge is 2.15. The van der Waals surface area contributed by atoms with Gasteiger partial charge in [-0.2, -0.15) is 4.98 Å². The number of pyridine rings is 1. The standard InChI is InChI=1S/C20H23N3O4/c1-11-5-15(6-12(2)18(11)26-10-17(25)9-24)19-22-20(27-23-19)16-7-13(3)21-14(4)8-16/h5-8,17,24-25H,9-10H2,1-4H3. The second-order valence-corrected chi connectivity index (χ2v) is 6.65. The van der Waals surface area contributed by atoms with Gasteiger partial charge in [-0.05, 0) is 63.1 Å². The molecule has 0 spiro atoms. The van der Waals surface area contributed by atoms with Crippen LogP contribution in [0.3, 0.4) is 0 Å². The van der Waals surface area contributed by atoms with Gasteiger partial charge in [-0.15, -0.1) is 0 Å². The van der Waals surface area contributed by atoms with Crippen LogP contribution in [0.15, 0.2) is 28.8 Å². The molecule has 1 aromatic carbocycles. The Bertz CT molecular complexity index is 909. The molecule has 27 heavy (non-hydrogen) atoms. The van der Waals surface area contributed by atoms with Crippen molar-refractivity contribution < 1.29 is 19.5 Å². The predicted molar refractivity (Wildman–Crippen MR) is 101 cm³/mol. The molecule has 3 rings (SSSR count). The van der Waals surface area contributed by atoms with Crippen LogP contribution in [0, 0.1) is 27.7 Å². The lowest BCUT2D eigenvalue weighted by Gasteiger charge is -2.15. The van der Waals surface area contributed by atoms with Gasteiger partial charge in [-0.1, -0.05) is 5.16 Å². The number of benzene rings is 1. The molecule has 1 atom stereocenters. The molecule has 2 aromatic heterocycles. The van der Waals surface area contributed by atoms with Gasteiger partial charge >= 0.3 is 0 Å². The summed E-state index contributed by atoms with van der Waals surface area (Å²) in [6.07, 6.45) is -0.907. The van der Waals surface area contributed by atoms with E-state index in [1.54, 1.807) is 0 Å². The molecule has 0 fully saturated rings. The summed E-state index contributed by atoms with van der Waals surface area (Å²) in [5.74, 6) is 1.61. The molecule has 0 amide bonds. The maximum Gasteiger partial charge on any atom is 0.258 e. The Kier molecular flexibility index (Phi) is 5.53. The largest absolute Gasteiger partial charge is 0.490 e. The number of nitrogens with zero attached hydrogens (tertiary/aromatic N) is 3. The molecule has 0 aliphatic carbocycles. The number of aliphatic hydroxyl groups excluding tert-OH is 2. The molecular weight excluding hydrogens is 346 g/mol. The van der Waals surface area contributed by atoms with Gasteiger partial charge in [0.05, 0.1) is 6.61 Å². The SMILES string of the molecule is Cc1cc(-c2nc(-c3cc(C)c(OCC(O)CO)c(C)c3)no2)cc(C)n1. The highest BCUT2D eigenvalue weighted by Crippen LogP contribution is 2.30. The van der Waals surface area contributed by atoms with Gasteiger partial charge in [0.15, 0.2) is 0 Å². The Morgan fingerprint density at radius 3 is 2.19 bits per heavy atom. The van der Waals surface area contributed by atoms with E-state index in [0.29, 0.717) is 17.5 Å². The number of aromatic nitrogens is 3. The second-order valence-electron chi connectivity index (χ2n) is 6.65. The Balaban J connectivity index is 1.88. The van der Waals surface area contributed by atoms with Crippen LogP contribution in [0.2, 0.25) is 0 Å². The van der Waals surface area contributed by atoms with E-state index < -0.39 is 6.10 Å². The molecule has 0 saturated heterocycles. The van der Waals surface area contributed by atoms with Crippen LogP contribution < -0.4 is 4.74 Å². The van der Waals surface area contributed by atoms with Gasteiger partial charge in [-0.25, -0.2) is 0 Å². The first kappa shape index (κ1) is 19.0. The third-order valence-electron chi connectivity index (χ3n) is 4.10. The highest BCUT2D eigenvalue weighted by molar-refractivity contribution is 5.63. The van der Waals surface area contributed by atoms with Crippen LogP contribution in [0.4, 0.5) is 0 Å². The highest BCUT2D eigenvalue weighted by atomic mass is 16.5. The molecule has 0 bridgehead atoms. The van der Waals surface area contributed by atoms with E-state index in [-0.39, 0.29) is 13.2 Å². The van der Waals surface area contributed by atoms with Crippen molar-refractivity contribution in [3.05, 3.63) is 46.8 Å². The Morgan fingerprint density at radius 1 is 0.963 bits per heavy atom. The number of ether oxygens (including phenoxy) is 1. The van der Waals surface area contributed by atoms with E-state index in [9.17, 15) is 5.11 Å². The number of hydrogen-bond donors (Lipinski definition) is 2. The fraction of sp³-hybridized carbons (Fsp3) is 0.350. The van der Waals surface area contributed by atoms with Crippen molar-refractivity contribution >= 4 is 0 Å². The topological polar surface area (TPSA) is 102 Å². The van der Waals surface area contributed by atoms with Crippen molar-refractivity contribution in [3.8, 4) is 28.6 Å². The quantitative estimate of drug-likeness (QED) is 0.689. The van der Waals surface area contributed by atoms with Crippen LogP contribution in [0.5, 0.6) is 5.75 Å². The Morgan fingerprint density at radius 2 is 1.59 bits per heavy atom. The molecule has 2 N–H and O–H groups in total. The fourth-order valence-corrected chi connectivity index (χ4v) is 2.96. The minimum absolute atomic E-state index is 0.0324. The molecule has 2 heterocycles. The zero-order chi connectivity index (χ0) is 19.6. The average molecular weight is 369 g/mol. The minimum Gasteiger partial charge on any atom is -0.490 e. The lowest BCUT2D eigenvalue weighted by Crippen LogP contribution is -2.21. The van der Waals surface area contributed by atoms with E-state index in [2.05, 4.69) is 15.1 Å². The average Bonchev–Trinajstić information content (AvgIpc) is 3.10. The normalized spacial score (nSPS) is 12.2. The summed E-state index contributed by atoms with van der Waals surface area (Å²) in [6.45, 7) is 7.36. The van der Waals surface area contributed by atoms with Gasteiger partial charge in [-0.3, -0.25) is 4.98 Å². The van der Waals surface area contributed by atoms with Crippen LogP contribution >= 0.6 is 0 Å². The third-order valence-corrected chi connectivity index (χ3v) is 4.10. The molecule has 7 heteroatoms. The van der Waals surface area contributed by atoms with E-state index in [0.717, 1.165) is 33.6 Å². The van der Waals surface area contributed by atoms with E-state index in [1.807, 2.05) is 52.0 Å². The van der Waals surface area contributed by atoms with E-state index in [4.69, 9.17) is 14.4 Å². The van der Waals surface area contributed by atoms with E-state index in [1.165, 1.54) is 0 Å². The smallest absolute Gasteiger partial charge is 0.258 e. The second kappa shape index (κ2) is 7.85. The number of hydrogen-bond acceptors (Lipinski definition) is 7. The molecule has 0 saturated carbocycles. The molecule has 0 radical (unpaired) electrons. The zero-order valence-corrected chi connectivity index (χ0v) is 15.9. The van der Waals surface area contributed by atoms with Crippen molar-refractivity contribution in [2.24, 2.45) is 0 Å². The maximum atomic E-state index is 9.47. The summed E-state index contributed by atoms with van der Waals surface area (Å²) in [6, 6.07) is 7.63. The monoisotopic (exact) mass is 369 g/mol. The molecule has 0 aliphatic heterocycles. The van der Waals surface area contributed by atoms with Crippen molar-refractivity contribution in [3.63, 3.8) is 0 Å². The molecule has 3 aromatic rings. The molecular formula is C20H23N3O4. The number of rotatable bonds is 6. The molecule has 142 valence electrons. The van der Waals surface area contributed by atoms with Crippen LogP contribution in [0.25, 0.3) is 22.8 Å². The zero-order valence-electron chi connectivity index (χ0n) is 15.9. The number of aliphatic hydroxyl groups is 2. The molecule has 7 nitrogen and oxygen atoms in total. The van der Waals surface area contributed by atoms with Gasteiger partial charge in [0.2, 0.25) is 5.82 Å². The summed E-state index contributed by atoms with van der Waals surface area (Å²) in [4.78, 5) is 8.87. The van der Waals surface area contributed by atoms with Gasteiger partial charge in [0.25, 0.3) is 5.89 Å². The first-order valence-electron chi connectivity index (χ1n) is 8.70. The van der Waals surface area contributed by atoms with E-state index >= 15 is 0 Å². The third kappa shape index (κ3) is 4.32. The van der Waals surface area contributed by atoms with Crippen LogP contribution in [-0.2, 0) is 0 Å². The van der Waals surface area contributed by atoms with Crippen LogP contribution in [-0.4, -0.2) is 44.7 Å². The summed E-state index contributed by atoms with van der Waals surface area (Å²) >= 11 is 0. The fourth-order valence-electron chi connectivity index (χ4n) is 2.96. The Labute approximate surface area is 157 Å². The summed E-state index contributed by atoms with van der Waals surface area (Å²) in [7, 11) is 0.